The van der Waals surface area contributed by atoms with Crippen molar-refractivity contribution in [3.05, 3.63) is 59.8 Å². The number of likely N-dealkylation sites (N-methyl/N-ethyl adjacent to an activating group) is 1. The predicted octanol–water partition coefficient (Wildman–Crippen LogP) is 4.25. The summed E-state index contributed by atoms with van der Waals surface area (Å²) in [5.74, 6) is 0.642. The number of anilines is 1. The van der Waals surface area contributed by atoms with Crippen LogP contribution in [0.5, 0.6) is 0 Å². The molecule has 5 nitrogen and oxygen atoms in total. The summed E-state index contributed by atoms with van der Waals surface area (Å²) in [4.78, 5) is 22.3. The number of fused-ring (bicyclic) bond motifs is 1. The van der Waals surface area contributed by atoms with Gasteiger partial charge < -0.3 is 9.88 Å². The van der Waals surface area contributed by atoms with E-state index in [1.54, 1.807) is 0 Å². The molecule has 1 unspecified atom stereocenters. The molecule has 0 bridgehead atoms. The molecule has 1 atom stereocenters. The third-order valence-electron chi connectivity index (χ3n) is 4.63. The number of aromatic nitrogens is 2. The van der Waals surface area contributed by atoms with E-state index in [2.05, 4.69) is 51.4 Å². The molecule has 0 fully saturated rings. The quantitative estimate of drug-likeness (QED) is 0.819. The second-order valence-corrected chi connectivity index (χ2v) is 6.74. The molecule has 2 N–H and O–H groups in total. The lowest BCUT2D eigenvalue weighted by Gasteiger charge is -2.23. The van der Waals surface area contributed by atoms with Gasteiger partial charge in [0.25, 0.3) is 0 Å². The largest absolute Gasteiger partial charge is 0.377 e. The molecule has 26 heavy (non-hydrogen) atoms. The van der Waals surface area contributed by atoms with Gasteiger partial charge in [-0.1, -0.05) is 37.3 Å². The number of para-hydroxylation sites is 2. The minimum absolute atomic E-state index is 0.0249. The highest BCUT2D eigenvalue weighted by atomic mass is 16.1. The van der Waals surface area contributed by atoms with Crippen LogP contribution in [0.3, 0.4) is 0 Å². The van der Waals surface area contributed by atoms with E-state index in [4.69, 9.17) is 0 Å². The molecule has 1 aliphatic carbocycles. The number of aromatic amines is 1. The van der Waals surface area contributed by atoms with Crippen molar-refractivity contribution in [2.45, 2.75) is 26.2 Å². The molecule has 0 saturated carbocycles. The van der Waals surface area contributed by atoms with Gasteiger partial charge in [0.15, 0.2) is 0 Å². The number of hydrogen-bond acceptors (Lipinski definition) is 3. The van der Waals surface area contributed by atoms with E-state index in [9.17, 15) is 4.79 Å². The van der Waals surface area contributed by atoms with Crippen LogP contribution in [0, 0.1) is 5.92 Å². The summed E-state index contributed by atoms with van der Waals surface area (Å²) in [6.45, 7) is 2.13. The van der Waals surface area contributed by atoms with Gasteiger partial charge in [-0.25, -0.2) is 4.98 Å². The Morgan fingerprint density at radius 1 is 1.27 bits per heavy atom. The number of nitrogens with zero attached hydrogens (tertiary/aromatic N) is 2. The minimum Gasteiger partial charge on any atom is -0.377 e. The first-order chi connectivity index (χ1) is 12.6. The molecule has 2 aromatic rings. The summed E-state index contributed by atoms with van der Waals surface area (Å²) in [6, 6.07) is 7.75. The number of H-pyrrole nitrogens is 1. The standard InChI is InChI=1S/C21H26N4O/c1-4-15(16-10-6-5-7-13-19(16)25(2)3)14-20(26)24-21-22-17-11-8-9-12-18(17)23-21/h6-13,15H,4-5,14H2,1-3H3,(H2,22,23,24,26). The molecule has 1 heterocycles. The van der Waals surface area contributed by atoms with Gasteiger partial charge in [0.1, 0.15) is 0 Å². The first kappa shape index (κ1) is 18.0. The van der Waals surface area contributed by atoms with E-state index in [0.29, 0.717) is 12.4 Å². The van der Waals surface area contributed by atoms with Crippen molar-refractivity contribution in [3.63, 3.8) is 0 Å². The maximum Gasteiger partial charge on any atom is 0.227 e. The molecule has 0 saturated heterocycles. The van der Waals surface area contributed by atoms with E-state index in [0.717, 1.165) is 23.9 Å². The SMILES string of the molecule is CCC(CC(=O)Nc1nc2ccccc2[nH]1)C1=C(N(C)C)C=CCC=C1. The molecule has 1 aromatic carbocycles. The lowest BCUT2D eigenvalue weighted by Crippen LogP contribution is -2.21. The van der Waals surface area contributed by atoms with Crippen LogP contribution in [0.1, 0.15) is 26.2 Å². The number of benzene rings is 1. The van der Waals surface area contributed by atoms with Gasteiger partial charge >= 0.3 is 0 Å². The minimum atomic E-state index is -0.0249. The Bertz CT molecular complexity index is 840. The van der Waals surface area contributed by atoms with Crippen LogP contribution in [-0.2, 0) is 4.79 Å². The molecule has 0 aliphatic heterocycles. The van der Waals surface area contributed by atoms with Crippen molar-refractivity contribution < 1.29 is 4.79 Å². The topological polar surface area (TPSA) is 61.0 Å². The van der Waals surface area contributed by atoms with E-state index in [1.807, 2.05) is 38.4 Å². The van der Waals surface area contributed by atoms with Gasteiger partial charge in [-0.3, -0.25) is 10.1 Å². The van der Waals surface area contributed by atoms with E-state index in [-0.39, 0.29) is 11.8 Å². The van der Waals surface area contributed by atoms with Gasteiger partial charge in [-0.15, -0.1) is 0 Å². The number of rotatable bonds is 6. The van der Waals surface area contributed by atoms with Gasteiger partial charge in [0.2, 0.25) is 11.9 Å². The average molecular weight is 350 g/mol. The van der Waals surface area contributed by atoms with Crippen LogP contribution in [0.2, 0.25) is 0 Å². The fourth-order valence-corrected chi connectivity index (χ4v) is 3.28. The molecule has 1 amide bonds. The normalized spacial score (nSPS) is 15.2. The highest BCUT2D eigenvalue weighted by molar-refractivity contribution is 5.91. The molecule has 0 spiro atoms. The van der Waals surface area contributed by atoms with Crippen LogP contribution in [0.15, 0.2) is 59.8 Å². The Balaban J connectivity index is 1.76. The summed E-state index contributed by atoms with van der Waals surface area (Å²) in [7, 11) is 4.08. The fourth-order valence-electron chi connectivity index (χ4n) is 3.28. The Hall–Kier alpha value is -2.82. The summed E-state index contributed by atoms with van der Waals surface area (Å²) in [5.41, 5.74) is 4.15. The van der Waals surface area contributed by atoms with Gasteiger partial charge in [0.05, 0.1) is 11.0 Å². The number of amides is 1. The van der Waals surface area contributed by atoms with E-state index >= 15 is 0 Å². The van der Waals surface area contributed by atoms with Crippen molar-refractivity contribution >= 4 is 22.9 Å². The zero-order valence-electron chi connectivity index (χ0n) is 15.6. The summed E-state index contributed by atoms with van der Waals surface area (Å²) in [6.07, 6.45) is 10.9. The second kappa shape index (κ2) is 8.04. The Morgan fingerprint density at radius 3 is 2.77 bits per heavy atom. The number of imidazole rings is 1. The zero-order valence-corrected chi connectivity index (χ0v) is 15.6. The van der Waals surface area contributed by atoms with Gasteiger partial charge in [0, 0.05) is 26.2 Å². The molecule has 3 rings (SSSR count). The molecule has 136 valence electrons. The number of allylic oxidation sites excluding steroid dienone is 5. The Kier molecular flexibility index (Phi) is 5.56. The smallest absolute Gasteiger partial charge is 0.227 e. The van der Waals surface area contributed by atoms with Crippen molar-refractivity contribution in [3.8, 4) is 0 Å². The monoisotopic (exact) mass is 350 g/mol. The summed E-state index contributed by atoms with van der Waals surface area (Å²) in [5, 5.41) is 2.91. The molecule has 0 radical (unpaired) electrons. The lowest BCUT2D eigenvalue weighted by atomic mass is 9.90. The highest BCUT2D eigenvalue weighted by Gasteiger charge is 2.20. The molecular weight excluding hydrogens is 324 g/mol. The maximum absolute atomic E-state index is 12.6. The van der Waals surface area contributed by atoms with Gasteiger partial charge in [-0.2, -0.15) is 0 Å². The van der Waals surface area contributed by atoms with Crippen molar-refractivity contribution in [2.24, 2.45) is 5.92 Å². The van der Waals surface area contributed by atoms with E-state index < -0.39 is 0 Å². The zero-order chi connectivity index (χ0) is 18.5. The molecule has 5 heteroatoms. The van der Waals surface area contributed by atoms with Crippen molar-refractivity contribution in [1.82, 2.24) is 14.9 Å². The predicted molar refractivity (Wildman–Crippen MR) is 107 cm³/mol. The van der Waals surface area contributed by atoms with Crippen LogP contribution in [0.4, 0.5) is 5.95 Å². The Labute approximate surface area is 154 Å². The van der Waals surface area contributed by atoms with Crippen LogP contribution in [0.25, 0.3) is 11.0 Å². The fraction of sp³-hybridized carbons (Fsp3) is 0.333. The Morgan fingerprint density at radius 2 is 2.04 bits per heavy atom. The second-order valence-electron chi connectivity index (χ2n) is 6.74. The lowest BCUT2D eigenvalue weighted by molar-refractivity contribution is -0.116. The van der Waals surface area contributed by atoms with E-state index in [1.165, 1.54) is 11.3 Å². The highest BCUT2D eigenvalue weighted by Crippen LogP contribution is 2.28. The van der Waals surface area contributed by atoms with Crippen LogP contribution >= 0.6 is 0 Å². The number of nitrogens with one attached hydrogen (secondary N) is 2. The first-order valence-corrected chi connectivity index (χ1v) is 9.07. The molecular formula is C21H26N4O. The van der Waals surface area contributed by atoms with Crippen LogP contribution < -0.4 is 5.32 Å². The number of hydrogen-bond donors (Lipinski definition) is 2. The summed E-state index contributed by atoms with van der Waals surface area (Å²) < 4.78 is 0. The average Bonchev–Trinajstić information content (AvgIpc) is 2.85. The third kappa shape index (κ3) is 4.04. The van der Waals surface area contributed by atoms with Crippen LogP contribution in [-0.4, -0.2) is 34.9 Å². The summed E-state index contributed by atoms with van der Waals surface area (Å²) >= 11 is 0. The van der Waals surface area contributed by atoms with Crippen molar-refractivity contribution in [1.29, 1.82) is 0 Å². The maximum atomic E-state index is 12.6. The van der Waals surface area contributed by atoms with Gasteiger partial charge in [-0.05, 0) is 42.5 Å². The molecule has 1 aromatic heterocycles. The molecule has 1 aliphatic rings. The van der Waals surface area contributed by atoms with Crippen molar-refractivity contribution in [2.75, 3.05) is 19.4 Å². The number of carbonyl (C=O) groups is 1. The first-order valence-electron chi connectivity index (χ1n) is 9.07. The number of carbonyl (C=O) groups excluding carboxylic acids is 1. The third-order valence-corrected chi connectivity index (χ3v) is 4.63.